The molecule has 0 bridgehead atoms. The molecule has 0 saturated carbocycles. The highest BCUT2D eigenvalue weighted by atomic mass is 19.1. The molecule has 0 spiro atoms. The lowest BCUT2D eigenvalue weighted by atomic mass is 9.99. The summed E-state index contributed by atoms with van der Waals surface area (Å²) in [6.07, 6.45) is -0.101. The zero-order valence-electron chi connectivity index (χ0n) is 10.4. The van der Waals surface area contributed by atoms with Crippen molar-refractivity contribution >= 4 is 0 Å². The van der Waals surface area contributed by atoms with Gasteiger partial charge in [0.1, 0.15) is 11.9 Å². The normalized spacial score (nSPS) is 12.4. The predicted octanol–water partition coefficient (Wildman–Crippen LogP) is 2.57. The molecule has 0 saturated heterocycles. The van der Waals surface area contributed by atoms with Gasteiger partial charge in [-0.1, -0.05) is 19.1 Å². The van der Waals surface area contributed by atoms with Crippen LogP contribution in [-0.2, 0) is 6.42 Å². The number of aliphatic hydroxyl groups is 1. The second-order valence-electron chi connectivity index (χ2n) is 4.20. The minimum absolute atomic E-state index is 0.314. The van der Waals surface area contributed by atoms with Crippen molar-refractivity contribution in [3.8, 4) is 0 Å². The van der Waals surface area contributed by atoms with Gasteiger partial charge in [0.25, 0.3) is 0 Å². The number of hydrogen-bond donors (Lipinski definition) is 1. The van der Waals surface area contributed by atoms with Gasteiger partial charge < -0.3 is 5.11 Å². The molecule has 0 amide bonds. The Kier molecular flexibility index (Phi) is 3.67. The van der Waals surface area contributed by atoms with E-state index in [2.05, 4.69) is 10.2 Å². The SMILES string of the molecule is CCc1nnc(C)cc1C(O)c1ccc(F)cc1. The minimum Gasteiger partial charge on any atom is -0.384 e. The molecular formula is C14H15FN2O. The van der Waals surface area contributed by atoms with Crippen molar-refractivity contribution in [3.63, 3.8) is 0 Å². The zero-order valence-corrected chi connectivity index (χ0v) is 10.4. The highest BCUT2D eigenvalue weighted by molar-refractivity contribution is 5.32. The molecule has 3 nitrogen and oxygen atoms in total. The number of aromatic nitrogens is 2. The van der Waals surface area contributed by atoms with Crippen molar-refractivity contribution in [2.24, 2.45) is 0 Å². The summed E-state index contributed by atoms with van der Waals surface area (Å²) in [5.41, 5.74) is 2.90. The molecular weight excluding hydrogens is 231 g/mol. The van der Waals surface area contributed by atoms with Gasteiger partial charge >= 0.3 is 0 Å². The molecule has 4 heteroatoms. The van der Waals surface area contributed by atoms with Crippen LogP contribution in [0.2, 0.25) is 0 Å². The molecule has 0 aliphatic carbocycles. The van der Waals surface area contributed by atoms with E-state index in [-0.39, 0.29) is 5.82 Å². The largest absolute Gasteiger partial charge is 0.384 e. The maximum atomic E-state index is 12.9. The number of aliphatic hydroxyl groups excluding tert-OH is 1. The van der Waals surface area contributed by atoms with Crippen molar-refractivity contribution in [2.45, 2.75) is 26.4 Å². The van der Waals surface area contributed by atoms with E-state index in [1.807, 2.05) is 19.9 Å². The van der Waals surface area contributed by atoms with Crippen LogP contribution in [-0.4, -0.2) is 15.3 Å². The second kappa shape index (κ2) is 5.23. The van der Waals surface area contributed by atoms with Crippen molar-refractivity contribution in [1.29, 1.82) is 0 Å². The predicted molar refractivity (Wildman–Crippen MR) is 66.6 cm³/mol. The van der Waals surface area contributed by atoms with Gasteiger partial charge in [-0.25, -0.2) is 4.39 Å². The standard InChI is InChI=1S/C14H15FN2O/c1-3-13-12(8-9(2)16-17-13)14(18)10-4-6-11(15)7-5-10/h4-8,14,18H,3H2,1-2H3. The third kappa shape index (κ3) is 2.54. The average molecular weight is 246 g/mol. The zero-order chi connectivity index (χ0) is 13.1. The van der Waals surface area contributed by atoms with E-state index >= 15 is 0 Å². The number of hydrogen-bond acceptors (Lipinski definition) is 3. The summed E-state index contributed by atoms with van der Waals surface area (Å²) in [4.78, 5) is 0. The molecule has 0 radical (unpaired) electrons. The van der Waals surface area contributed by atoms with E-state index in [9.17, 15) is 9.50 Å². The maximum Gasteiger partial charge on any atom is 0.123 e. The van der Waals surface area contributed by atoms with E-state index in [1.54, 1.807) is 12.1 Å². The Morgan fingerprint density at radius 2 is 1.89 bits per heavy atom. The number of nitrogens with zero attached hydrogens (tertiary/aromatic N) is 2. The first-order valence-corrected chi connectivity index (χ1v) is 5.88. The molecule has 2 aromatic rings. The third-order valence-electron chi connectivity index (χ3n) is 2.84. The fourth-order valence-electron chi connectivity index (χ4n) is 1.87. The number of halogens is 1. The summed E-state index contributed by atoms with van der Waals surface area (Å²) in [5.74, 6) is -0.314. The lowest BCUT2D eigenvalue weighted by Gasteiger charge is -2.14. The van der Waals surface area contributed by atoms with Crippen LogP contribution in [0, 0.1) is 12.7 Å². The lowest BCUT2D eigenvalue weighted by Crippen LogP contribution is -2.07. The van der Waals surface area contributed by atoms with Crippen LogP contribution in [0.4, 0.5) is 4.39 Å². The maximum absolute atomic E-state index is 12.9. The smallest absolute Gasteiger partial charge is 0.123 e. The van der Waals surface area contributed by atoms with Crippen LogP contribution in [0.3, 0.4) is 0 Å². The summed E-state index contributed by atoms with van der Waals surface area (Å²) >= 11 is 0. The first kappa shape index (κ1) is 12.6. The van der Waals surface area contributed by atoms with Crippen molar-refractivity contribution in [3.05, 3.63) is 58.7 Å². The van der Waals surface area contributed by atoms with Gasteiger partial charge in [0.15, 0.2) is 0 Å². The Morgan fingerprint density at radius 1 is 1.22 bits per heavy atom. The van der Waals surface area contributed by atoms with Crippen LogP contribution < -0.4 is 0 Å². The molecule has 1 N–H and O–H groups in total. The van der Waals surface area contributed by atoms with Crippen molar-refractivity contribution < 1.29 is 9.50 Å². The van der Waals surface area contributed by atoms with Crippen LogP contribution in [0.5, 0.6) is 0 Å². The summed E-state index contributed by atoms with van der Waals surface area (Å²) < 4.78 is 12.9. The summed E-state index contributed by atoms with van der Waals surface area (Å²) in [5, 5.41) is 18.4. The van der Waals surface area contributed by atoms with Gasteiger partial charge in [0.2, 0.25) is 0 Å². The first-order valence-electron chi connectivity index (χ1n) is 5.88. The Hall–Kier alpha value is -1.81. The Morgan fingerprint density at radius 3 is 2.50 bits per heavy atom. The molecule has 2 rings (SSSR count). The van der Waals surface area contributed by atoms with Crippen LogP contribution >= 0.6 is 0 Å². The second-order valence-corrected chi connectivity index (χ2v) is 4.20. The van der Waals surface area contributed by atoms with Crippen LogP contribution in [0.25, 0.3) is 0 Å². The molecule has 18 heavy (non-hydrogen) atoms. The molecule has 1 aromatic heterocycles. The summed E-state index contributed by atoms with van der Waals surface area (Å²) in [7, 11) is 0. The molecule has 0 aliphatic rings. The van der Waals surface area contributed by atoms with Gasteiger partial charge in [0, 0.05) is 5.56 Å². The monoisotopic (exact) mass is 246 g/mol. The molecule has 1 unspecified atom stereocenters. The average Bonchev–Trinajstić information content (AvgIpc) is 2.39. The summed E-state index contributed by atoms with van der Waals surface area (Å²) in [6, 6.07) is 7.65. The summed E-state index contributed by atoms with van der Waals surface area (Å²) in [6.45, 7) is 3.79. The third-order valence-corrected chi connectivity index (χ3v) is 2.84. The molecule has 1 atom stereocenters. The Bertz CT molecular complexity index is 540. The van der Waals surface area contributed by atoms with Crippen molar-refractivity contribution in [1.82, 2.24) is 10.2 Å². The van der Waals surface area contributed by atoms with Gasteiger partial charge in [-0.05, 0) is 37.1 Å². The highest BCUT2D eigenvalue weighted by Crippen LogP contribution is 2.24. The van der Waals surface area contributed by atoms with Gasteiger partial charge in [-0.15, -0.1) is 0 Å². The fourth-order valence-corrected chi connectivity index (χ4v) is 1.87. The van der Waals surface area contributed by atoms with Gasteiger partial charge in [-0.2, -0.15) is 10.2 Å². The lowest BCUT2D eigenvalue weighted by molar-refractivity contribution is 0.218. The Labute approximate surface area is 105 Å². The number of rotatable bonds is 3. The van der Waals surface area contributed by atoms with E-state index in [0.717, 1.165) is 17.0 Å². The molecule has 0 fully saturated rings. The van der Waals surface area contributed by atoms with E-state index in [1.165, 1.54) is 12.1 Å². The number of benzene rings is 1. The van der Waals surface area contributed by atoms with E-state index in [4.69, 9.17) is 0 Å². The van der Waals surface area contributed by atoms with E-state index in [0.29, 0.717) is 12.0 Å². The van der Waals surface area contributed by atoms with Crippen molar-refractivity contribution in [2.75, 3.05) is 0 Å². The van der Waals surface area contributed by atoms with Gasteiger partial charge in [-0.3, -0.25) is 0 Å². The van der Waals surface area contributed by atoms with Gasteiger partial charge in [0.05, 0.1) is 11.4 Å². The molecule has 94 valence electrons. The number of aryl methyl sites for hydroxylation is 2. The van der Waals surface area contributed by atoms with Crippen LogP contribution in [0.15, 0.2) is 30.3 Å². The molecule has 0 aliphatic heterocycles. The topological polar surface area (TPSA) is 46.0 Å². The molecule has 1 aromatic carbocycles. The molecule has 1 heterocycles. The fraction of sp³-hybridized carbons (Fsp3) is 0.286. The first-order chi connectivity index (χ1) is 8.61. The highest BCUT2D eigenvalue weighted by Gasteiger charge is 2.15. The van der Waals surface area contributed by atoms with E-state index < -0.39 is 6.10 Å². The minimum atomic E-state index is -0.797. The Balaban J connectivity index is 2.41. The quantitative estimate of drug-likeness (QED) is 0.905. The van der Waals surface area contributed by atoms with Crippen LogP contribution in [0.1, 0.15) is 35.5 Å².